The third kappa shape index (κ3) is 10.5. The Kier molecular flexibility index (Phi) is 14.7. The van der Waals surface area contributed by atoms with E-state index in [9.17, 15) is 0 Å². The minimum Gasteiger partial charge on any atom is -0.497 e. The molecule has 1 aromatic carbocycles. The molecule has 2 aliphatic rings. The van der Waals surface area contributed by atoms with Crippen molar-refractivity contribution in [2.75, 3.05) is 39.1 Å². The highest BCUT2D eigenvalue weighted by molar-refractivity contribution is 8.17. The van der Waals surface area contributed by atoms with E-state index >= 15 is 0 Å². The maximum absolute atomic E-state index is 7.38. The summed E-state index contributed by atoms with van der Waals surface area (Å²) in [7, 11) is -0.692. The standard InChI is InChI=1S/C35H64O7S2Si2/c1-33(2,3)45(10,11)40-20-19-28-29(42-46(12,13)34(4,5)6)23-30(38-24-26-15-17-27(37-9)18-16-26)35(7,41-28)31(39-25-36-8)32-43-21-14-22-44-32/h15-18,28-32H,14,19-25H2,1-13H3/t28-,29+,30-,31-,35-/m0/s1. The van der Waals surface area contributed by atoms with Crippen LogP contribution in [0.5, 0.6) is 5.75 Å². The fourth-order valence-electron chi connectivity index (χ4n) is 5.38. The third-order valence-electron chi connectivity index (χ3n) is 10.5. The smallest absolute Gasteiger partial charge is 0.192 e. The lowest BCUT2D eigenvalue weighted by atomic mass is 9.83. The van der Waals surface area contributed by atoms with Crippen molar-refractivity contribution in [2.24, 2.45) is 0 Å². The van der Waals surface area contributed by atoms with E-state index in [1.807, 2.05) is 35.7 Å². The number of methoxy groups -OCH3 is 2. The topological polar surface area (TPSA) is 64.6 Å². The van der Waals surface area contributed by atoms with Crippen LogP contribution in [0.15, 0.2) is 24.3 Å². The first kappa shape index (κ1) is 40.3. The van der Waals surface area contributed by atoms with Gasteiger partial charge in [-0.3, -0.25) is 0 Å². The van der Waals surface area contributed by atoms with Gasteiger partial charge in [0, 0.05) is 20.1 Å². The summed E-state index contributed by atoms with van der Waals surface area (Å²) in [5.41, 5.74) is 0.354. The molecule has 0 spiro atoms. The van der Waals surface area contributed by atoms with E-state index in [1.165, 1.54) is 6.42 Å². The number of hydrogen-bond acceptors (Lipinski definition) is 9. The number of thioether (sulfide) groups is 2. The van der Waals surface area contributed by atoms with Crippen LogP contribution in [0.4, 0.5) is 0 Å². The molecule has 0 aliphatic carbocycles. The molecule has 0 radical (unpaired) electrons. The molecule has 2 saturated heterocycles. The van der Waals surface area contributed by atoms with Gasteiger partial charge in [0.05, 0.1) is 36.6 Å². The quantitative estimate of drug-likeness (QED) is 0.131. The lowest BCUT2D eigenvalue weighted by Gasteiger charge is -2.54. The van der Waals surface area contributed by atoms with Gasteiger partial charge in [-0.2, -0.15) is 0 Å². The van der Waals surface area contributed by atoms with Gasteiger partial charge < -0.3 is 32.5 Å². The molecule has 266 valence electrons. The summed E-state index contributed by atoms with van der Waals surface area (Å²) in [6, 6.07) is 8.10. The van der Waals surface area contributed by atoms with E-state index in [1.54, 1.807) is 14.2 Å². The van der Waals surface area contributed by atoms with Crippen molar-refractivity contribution < 1.29 is 32.5 Å². The minimum absolute atomic E-state index is 0.0644. The van der Waals surface area contributed by atoms with Crippen LogP contribution < -0.4 is 4.74 Å². The van der Waals surface area contributed by atoms with E-state index in [-0.39, 0.29) is 45.9 Å². The van der Waals surface area contributed by atoms with E-state index in [0.29, 0.717) is 13.2 Å². The zero-order valence-electron chi connectivity index (χ0n) is 31.0. The predicted octanol–water partition coefficient (Wildman–Crippen LogP) is 9.12. The summed E-state index contributed by atoms with van der Waals surface area (Å²) >= 11 is 3.93. The van der Waals surface area contributed by atoms with Crippen molar-refractivity contribution in [1.82, 2.24) is 0 Å². The SMILES string of the molecule is COCO[C@@H](C1SCCCS1)[C@@]1(C)O[C@@H](CCO[Si](C)(C)C(C)(C)C)[C@H](O[Si](C)(C)C(C)(C)C)C[C@@H]1OCc1ccc(OC)cc1. The number of ether oxygens (including phenoxy) is 5. The van der Waals surface area contributed by atoms with Gasteiger partial charge in [0.15, 0.2) is 16.6 Å². The van der Waals surface area contributed by atoms with Gasteiger partial charge in [-0.15, -0.1) is 23.5 Å². The largest absolute Gasteiger partial charge is 0.497 e. The summed E-state index contributed by atoms with van der Waals surface area (Å²) < 4.78 is 45.9. The number of benzene rings is 1. The number of rotatable bonds is 15. The molecule has 0 unspecified atom stereocenters. The lowest BCUT2D eigenvalue weighted by Crippen LogP contribution is -2.65. The molecule has 2 aliphatic heterocycles. The van der Waals surface area contributed by atoms with Gasteiger partial charge in [-0.25, -0.2) is 0 Å². The molecule has 3 rings (SSSR count). The molecule has 46 heavy (non-hydrogen) atoms. The second kappa shape index (κ2) is 16.7. The summed E-state index contributed by atoms with van der Waals surface area (Å²) in [6.07, 6.45) is 1.92. The second-order valence-corrected chi connectivity index (χ2v) is 28.4. The summed E-state index contributed by atoms with van der Waals surface area (Å²) in [6.45, 7) is 26.6. The minimum atomic E-state index is -2.13. The van der Waals surface area contributed by atoms with E-state index < -0.39 is 22.2 Å². The fraction of sp³-hybridized carbons (Fsp3) is 0.829. The monoisotopic (exact) mass is 716 g/mol. The van der Waals surface area contributed by atoms with Gasteiger partial charge in [-0.05, 0) is 85.2 Å². The van der Waals surface area contributed by atoms with Gasteiger partial charge in [-0.1, -0.05) is 53.7 Å². The zero-order chi connectivity index (χ0) is 34.4. The Labute approximate surface area is 291 Å². The first-order valence-corrected chi connectivity index (χ1v) is 24.8. The molecule has 5 atom stereocenters. The average Bonchev–Trinajstić information content (AvgIpc) is 2.97. The zero-order valence-corrected chi connectivity index (χ0v) is 34.7. The van der Waals surface area contributed by atoms with Crippen molar-refractivity contribution >= 4 is 40.2 Å². The van der Waals surface area contributed by atoms with Crippen molar-refractivity contribution in [2.45, 2.75) is 145 Å². The predicted molar refractivity (Wildman–Crippen MR) is 199 cm³/mol. The molecule has 1 aromatic rings. The van der Waals surface area contributed by atoms with Crippen LogP contribution in [-0.4, -0.2) is 90.4 Å². The average molecular weight is 717 g/mol. The van der Waals surface area contributed by atoms with Gasteiger partial charge in [0.1, 0.15) is 24.2 Å². The molecule has 11 heteroatoms. The number of hydrogen-bond donors (Lipinski definition) is 0. The first-order chi connectivity index (χ1) is 21.3. The molecule has 0 saturated carbocycles. The van der Waals surface area contributed by atoms with Crippen molar-refractivity contribution in [1.29, 1.82) is 0 Å². The van der Waals surface area contributed by atoms with Crippen LogP contribution in [0.3, 0.4) is 0 Å². The molecular formula is C35H64O7S2Si2. The van der Waals surface area contributed by atoms with Crippen LogP contribution >= 0.6 is 23.5 Å². The highest BCUT2D eigenvalue weighted by atomic mass is 32.2. The molecule has 0 aromatic heterocycles. The highest BCUT2D eigenvalue weighted by Gasteiger charge is 2.56. The van der Waals surface area contributed by atoms with Gasteiger partial charge in [0.2, 0.25) is 0 Å². The Balaban J connectivity index is 2.00. The van der Waals surface area contributed by atoms with Crippen molar-refractivity contribution in [3.63, 3.8) is 0 Å². The first-order valence-electron chi connectivity index (χ1n) is 16.9. The molecule has 0 amide bonds. The van der Waals surface area contributed by atoms with Gasteiger partial charge >= 0.3 is 0 Å². The molecule has 0 N–H and O–H groups in total. The Bertz CT molecular complexity index is 1050. The molecule has 2 fully saturated rings. The molecule has 0 bridgehead atoms. The Morgan fingerprint density at radius 3 is 2.09 bits per heavy atom. The van der Waals surface area contributed by atoms with E-state index in [2.05, 4.69) is 86.8 Å². The summed E-state index contributed by atoms with van der Waals surface area (Å²) in [5, 5.41) is 0.204. The van der Waals surface area contributed by atoms with E-state index in [4.69, 9.17) is 32.5 Å². The Morgan fingerprint density at radius 2 is 1.54 bits per heavy atom. The second-order valence-electron chi connectivity index (χ2n) is 16.0. The summed E-state index contributed by atoms with van der Waals surface area (Å²) in [5.74, 6) is 3.05. The molecule has 2 heterocycles. The van der Waals surface area contributed by atoms with E-state index in [0.717, 1.165) is 35.7 Å². The van der Waals surface area contributed by atoms with Crippen LogP contribution in [0, 0.1) is 0 Å². The fourth-order valence-corrected chi connectivity index (χ4v) is 11.1. The summed E-state index contributed by atoms with van der Waals surface area (Å²) in [4.78, 5) is 0. The lowest BCUT2D eigenvalue weighted by molar-refractivity contribution is -0.276. The van der Waals surface area contributed by atoms with Crippen LogP contribution in [0.2, 0.25) is 36.3 Å². The van der Waals surface area contributed by atoms with Gasteiger partial charge in [0.25, 0.3) is 0 Å². The normalized spacial score (nSPS) is 26.2. The van der Waals surface area contributed by atoms with Crippen LogP contribution in [0.25, 0.3) is 0 Å². The van der Waals surface area contributed by atoms with Crippen LogP contribution in [0.1, 0.15) is 73.3 Å². The van der Waals surface area contributed by atoms with Crippen molar-refractivity contribution in [3.8, 4) is 5.75 Å². The highest BCUT2D eigenvalue weighted by Crippen LogP contribution is 2.47. The van der Waals surface area contributed by atoms with Crippen molar-refractivity contribution in [3.05, 3.63) is 29.8 Å². The van der Waals surface area contributed by atoms with Crippen LogP contribution in [-0.2, 0) is 34.4 Å². The maximum atomic E-state index is 7.38. The Morgan fingerprint density at radius 1 is 0.935 bits per heavy atom. The third-order valence-corrected chi connectivity index (χ3v) is 22.5. The maximum Gasteiger partial charge on any atom is 0.192 e. The molecule has 7 nitrogen and oxygen atoms in total. The molecular weight excluding hydrogens is 653 g/mol. The Hall–Kier alpha value is -0.0862.